The van der Waals surface area contributed by atoms with Crippen LogP contribution in [0.5, 0.6) is 0 Å². The number of hydrogen-bond donors (Lipinski definition) is 1. The molecule has 1 amide bonds. The standard InChI is InChI=1S/C21H26N2OS/c1-21(2)19(14-7-9-23(21)10-8-14)22-20(24)18-12-16-11-15(13-3-4-13)5-6-17(16)25-18/h5-6,11-14,19H,3-4,7-10H2,1-2H3,(H,22,24)/t19-/m1/s1. The van der Waals surface area contributed by atoms with E-state index in [0.29, 0.717) is 5.92 Å². The van der Waals surface area contributed by atoms with Gasteiger partial charge in [0.25, 0.3) is 5.91 Å². The van der Waals surface area contributed by atoms with Crippen LogP contribution in [-0.2, 0) is 0 Å². The highest BCUT2D eigenvalue weighted by Crippen LogP contribution is 2.42. The summed E-state index contributed by atoms with van der Waals surface area (Å²) < 4.78 is 1.22. The Hall–Kier alpha value is -1.39. The molecule has 1 atom stereocenters. The molecule has 4 heteroatoms. The van der Waals surface area contributed by atoms with Crippen molar-refractivity contribution in [3.05, 3.63) is 34.7 Å². The summed E-state index contributed by atoms with van der Waals surface area (Å²) in [4.78, 5) is 16.4. The average Bonchev–Trinajstić information content (AvgIpc) is 3.36. The Labute approximate surface area is 153 Å². The molecule has 1 aromatic carbocycles. The van der Waals surface area contributed by atoms with Gasteiger partial charge in [-0.1, -0.05) is 12.1 Å². The molecule has 3 saturated heterocycles. The van der Waals surface area contributed by atoms with E-state index in [1.807, 2.05) is 0 Å². The zero-order valence-corrected chi connectivity index (χ0v) is 15.9. The summed E-state index contributed by atoms with van der Waals surface area (Å²) >= 11 is 1.63. The molecule has 1 aromatic heterocycles. The molecule has 4 fully saturated rings. The van der Waals surface area contributed by atoms with Crippen LogP contribution in [0.4, 0.5) is 0 Å². The van der Waals surface area contributed by atoms with Crippen LogP contribution in [0.3, 0.4) is 0 Å². The van der Waals surface area contributed by atoms with Crippen LogP contribution in [0.25, 0.3) is 10.1 Å². The summed E-state index contributed by atoms with van der Waals surface area (Å²) in [6, 6.07) is 9.08. The highest BCUT2D eigenvalue weighted by Gasteiger charge is 2.48. The summed E-state index contributed by atoms with van der Waals surface area (Å²) in [6.45, 7) is 6.93. The third kappa shape index (κ3) is 2.61. The van der Waals surface area contributed by atoms with Gasteiger partial charge in [0.2, 0.25) is 0 Å². The highest BCUT2D eigenvalue weighted by atomic mass is 32.1. The number of thiophene rings is 1. The van der Waals surface area contributed by atoms with Gasteiger partial charge in [0, 0.05) is 16.3 Å². The van der Waals surface area contributed by atoms with Crippen LogP contribution >= 0.6 is 11.3 Å². The van der Waals surface area contributed by atoms with Crippen molar-refractivity contribution in [1.82, 2.24) is 10.2 Å². The van der Waals surface area contributed by atoms with Crippen LogP contribution in [0, 0.1) is 5.92 Å². The summed E-state index contributed by atoms with van der Waals surface area (Å²) in [6.07, 6.45) is 5.06. The normalized spacial score (nSPS) is 30.6. The summed E-state index contributed by atoms with van der Waals surface area (Å²) in [5, 5.41) is 4.63. The van der Waals surface area contributed by atoms with Crippen molar-refractivity contribution in [3.8, 4) is 0 Å². The van der Waals surface area contributed by atoms with Gasteiger partial charge in [-0.05, 0) is 87.5 Å². The van der Waals surface area contributed by atoms with Crippen LogP contribution in [0.15, 0.2) is 24.3 Å². The Bertz CT molecular complexity index is 828. The number of amides is 1. The van der Waals surface area contributed by atoms with E-state index in [2.05, 4.69) is 48.3 Å². The number of nitrogens with zero attached hydrogens (tertiary/aromatic N) is 1. The Kier molecular flexibility index (Phi) is 3.52. The van der Waals surface area contributed by atoms with E-state index in [4.69, 9.17) is 0 Å². The summed E-state index contributed by atoms with van der Waals surface area (Å²) in [5.74, 6) is 1.50. The fourth-order valence-corrected chi connectivity index (χ4v) is 5.88. The number of hydrogen-bond acceptors (Lipinski definition) is 3. The molecule has 1 aliphatic carbocycles. The van der Waals surface area contributed by atoms with Crippen molar-refractivity contribution in [2.75, 3.05) is 13.1 Å². The molecule has 3 nitrogen and oxygen atoms in total. The van der Waals surface area contributed by atoms with Crippen LogP contribution in [-0.4, -0.2) is 35.5 Å². The lowest BCUT2D eigenvalue weighted by molar-refractivity contribution is -0.0377. The minimum absolute atomic E-state index is 0.0622. The van der Waals surface area contributed by atoms with Crippen molar-refractivity contribution >= 4 is 27.3 Å². The topological polar surface area (TPSA) is 32.3 Å². The molecule has 0 unspecified atom stereocenters. The molecule has 2 aromatic rings. The van der Waals surface area contributed by atoms with Gasteiger partial charge in [-0.15, -0.1) is 11.3 Å². The molecule has 4 heterocycles. The third-order valence-corrected chi connectivity index (χ3v) is 7.80. The molecule has 25 heavy (non-hydrogen) atoms. The lowest BCUT2D eigenvalue weighted by Crippen LogP contribution is -2.69. The van der Waals surface area contributed by atoms with Gasteiger partial charge in [-0.25, -0.2) is 0 Å². The molecule has 1 saturated carbocycles. The smallest absolute Gasteiger partial charge is 0.261 e. The number of rotatable bonds is 3. The number of piperidine rings is 3. The summed E-state index contributed by atoms with van der Waals surface area (Å²) in [5.41, 5.74) is 1.50. The van der Waals surface area contributed by atoms with E-state index >= 15 is 0 Å². The minimum Gasteiger partial charge on any atom is -0.346 e. The zero-order valence-electron chi connectivity index (χ0n) is 15.0. The predicted octanol–water partition coefficient (Wildman–Crippen LogP) is 4.38. The second-order valence-corrected chi connectivity index (χ2v) is 9.70. The Morgan fingerprint density at radius 1 is 1.16 bits per heavy atom. The second kappa shape index (κ2) is 5.55. The number of carbonyl (C=O) groups excluding carboxylic acids is 1. The molecule has 3 aliphatic heterocycles. The Morgan fingerprint density at radius 3 is 2.60 bits per heavy atom. The van der Waals surface area contributed by atoms with E-state index in [-0.39, 0.29) is 17.5 Å². The average molecular weight is 355 g/mol. The fraction of sp³-hybridized carbons (Fsp3) is 0.571. The molecule has 1 N–H and O–H groups in total. The minimum atomic E-state index is 0.0622. The Balaban J connectivity index is 1.39. The van der Waals surface area contributed by atoms with Gasteiger partial charge in [0.15, 0.2) is 0 Å². The molecule has 0 spiro atoms. The van der Waals surface area contributed by atoms with Crippen LogP contribution in [0.2, 0.25) is 0 Å². The van der Waals surface area contributed by atoms with Crippen molar-refractivity contribution in [2.45, 2.75) is 57.0 Å². The zero-order chi connectivity index (χ0) is 17.2. The maximum absolute atomic E-state index is 13.0. The molecule has 0 radical (unpaired) electrons. The van der Waals surface area contributed by atoms with Gasteiger partial charge >= 0.3 is 0 Å². The molecular formula is C21H26N2OS. The molecule has 2 bridgehead atoms. The third-order valence-electron chi connectivity index (χ3n) is 6.69. The lowest BCUT2D eigenvalue weighted by atomic mass is 9.72. The quantitative estimate of drug-likeness (QED) is 0.887. The number of carbonyl (C=O) groups is 1. The van der Waals surface area contributed by atoms with E-state index in [1.54, 1.807) is 11.3 Å². The number of benzene rings is 1. The molecule has 6 rings (SSSR count). The first kappa shape index (κ1) is 15.8. The fourth-order valence-electron chi connectivity index (χ4n) is 4.93. The molecular weight excluding hydrogens is 328 g/mol. The highest BCUT2D eigenvalue weighted by molar-refractivity contribution is 7.20. The Morgan fingerprint density at radius 2 is 1.92 bits per heavy atom. The monoisotopic (exact) mass is 354 g/mol. The second-order valence-electron chi connectivity index (χ2n) is 8.61. The van der Waals surface area contributed by atoms with Gasteiger partial charge in [0.05, 0.1) is 4.88 Å². The van der Waals surface area contributed by atoms with Gasteiger partial charge in [0.1, 0.15) is 0 Å². The lowest BCUT2D eigenvalue weighted by Gasteiger charge is -2.56. The first-order chi connectivity index (χ1) is 12.0. The van der Waals surface area contributed by atoms with E-state index in [0.717, 1.165) is 10.8 Å². The molecule has 132 valence electrons. The maximum atomic E-state index is 13.0. The first-order valence-electron chi connectivity index (χ1n) is 9.62. The van der Waals surface area contributed by atoms with Crippen molar-refractivity contribution in [2.24, 2.45) is 5.92 Å². The van der Waals surface area contributed by atoms with Crippen molar-refractivity contribution in [1.29, 1.82) is 0 Å². The van der Waals surface area contributed by atoms with Gasteiger partial charge < -0.3 is 5.32 Å². The first-order valence-corrected chi connectivity index (χ1v) is 10.4. The van der Waals surface area contributed by atoms with Gasteiger partial charge in [-0.2, -0.15) is 0 Å². The van der Waals surface area contributed by atoms with E-state index in [9.17, 15) is 4.79 Å². The summed E-state index contributed by atoms with van der Waals surface area (Å²) in [7, 11) is 0. The van der Waals surface area contributed by atoms with Crippen LogP contribution < -0.4 is 5.32 Å². The maximum Gasteiger partial charge on any atom is 0.261 e. The molecule has 4 aliphatic rings. The van der Waals surface area contributed by atoms with Crippen molar-refractivity contribution in [3.63, 3.8) is 0 Å². The largest absolute Gasteiger partial charge is 0.346 e. The van der Waals surface area contributed by atoms with E-state index < -0.39 is 0 Å². The van der Waals surface area contributed by atoms with Gasteiger partial charge in [-0.3, -0.25) is 9.69 Å². The van der Waals surface area contributed by atoms with E-state index in [1.165, 1.54) is 54.4 Å². The number of fused-ring (bicyclic) bond motifs is 4. The predicted molar refractivity (Wildman–Crippen MR) is 103 cm³/mol. The van der Waals surface area contributed by atoms with Crippen LogP contribution in [0.1, 0.15) is 60.7 Å². The van der Waals surface area contributed by atoms with Crippen molar-refractivity contribution < 1.29 is 4.79 Å². The number of nitrogens with one attached hydrogen (secondary N) is 1. The SMILES string of the molecule is CC1(C)[C@H](NC(=O)c2cc3cc(C4CC4)ccc3s2)C2CCN1CC2.